The highest BCUT2D eigenvalue weighted by atomic mass is 16.5. The van der Waals surface area contributed by atoms with Crippen molar-refractivity contribution >= 4 is 0 Å². The van der Waals surface area contributed by atoms with Gasteiger partial charge in [0.15, 0.2) is 0 Å². The highest BCUT2D eigenvalue weighted by Gasteiger charge is 2.10. The predicted octanol–water partition coefficient (Wildman–Crippen LogP) is 0.906. The molecule has 1 saturated heterocycles. The average molecular weight is 200 g/mol. The Bertz CT molecular complexity index is 144. The van der Waals surface area contributed by atoms with E-state index in [2.05, 4.69) is 30.7 Å². The van der Waals surface area contributed by atoms with Crippen LogP contribution in [0.2, 0.25) is 0 Å². The van der Waals surface area contributed by atoms with Gasteiger partial charge in [0, 0.05) is 32.7 Å². The topological polar surface area (TPSA) is 15.7 Å². The van der Waals surface area contributed by atoms with Gasteiger partial charge in [-0.2, -0.15) is 0 Å². The number of hydrogen-bond acceptors (Lipinski definition) is 3. The maximum atomic E-state index is 5.32. The summed E-state index contributed by atoms with van der Waals surface area (Å²) in [6.45, 7) is 12.1. The van der Waals surface area contributed by atoms with E-state index in [0.29, 0.717) is 0 Å². The lowest BCUT2D eigenvalue weighted by molar-refractivity contribution is 0.0341. The van der Waals surface area contributed by atoms with Crippen molar-refractivity contribution in [3.8, 4) is 0 Å². The van der Waals surface area contributed by atoms with E-state index in [1.54, 1.807) is 0 Å². The lowest BCUT2D eigenvalue weighted by atomic mass is 10.2. The summed E-state index contributed by atoms with van der Waals surface area (Å²) in [7, 11) is 2.21. The average Bonchev–Trinajstić information content (AvgIpc) is 2.15. The normalized spacial score (nSPS) is 19.5. The Morgan fingerprint density at radius 3 is 2.50 bits per heavy atom. The van der Waals surface area contributed by atoms with Crippen molar-refractivity contribution in [1.29, 1.82) is 0 Å². The second kappa shape index (κ2) is 6.38. The third-order valence-corrected chi connectivity index (χ3v) is 2.58. The zero-order valence-electron chi connectivity index (χ0n) is 9.83. The molecule has 0 aromatic carbocycles. The molecular formula is C11H24N2O. The number of rotatable bonds is 5. The zero-order chi connectivity index (χ0) is 10.4. The highest BCUT2D eigenvalue weighted by Crippen LogP contribution is 1.99. The van der Waals surface area contributed by atoms with Crippen LogP contribution >= 0.6 is 0 Å². The third kappa shape index (κ3) is 4.94. The summed E-state index contributed by atoms with van der Waals surface area (Å²) in [6, 6.07) is 0. The molecule has 1 fully saturated rings. The van der Waals surface area contributed by atoms with Gasteiger partial charge in [-0.15, -0.1) is 0 Å². The maximum absolute atomic E-state index is 5.32. The lowest BCUT2D eigenvalue weighted by Crippen LogP contribution is -2.41. The van der Waals surface area contributed by atoms with Crippen molar-refractivity contribution in [3.63, 3.8) is 0 Å². The Labute approximate surface area is 88.0 Å². The molecule has 0 aromatic heterocycles. The van der Waals surface area contributed by atoms with Crippen LogP contribution in [0, 0.1) is 5.92 Å². The minimum atomic E-state index is 0.768. The Morgan fingerprint density at radius 2 is 1.93 bits per heavy atom. The first-order chi connectivity index (χ1) is 6.68. The molecule has 0 spiro atoms. The molecule has 0 amide bonds. The molecule has 0 bridgehead atoms. The van der Waals surface area contributed by atoms with Crippen LogP contribution in [0.5, 0.6) is 0 Å². The lowest BCUT2D eigenvalue weighted by Gasteiger charge is -2.29. The molecule has 3 nitrogen and oxygen atoms in total. The van der Waals surface area contributed by atoms with E-state index >= 15 is 0 Å². The van der Waals surface area contributed by atoms with Crippen LogP contribution in [0.3, 0.4) is 0 Å². The van der Waals surface area contributed by atoms with Crippen LogP contribution < -0.4 is 0 Å². The standard InChI is InChI=1S/C11H24N2O/c1-11(2)10-12(3)4-5-13-6-8-14-9-7-13/h11H,4-10H2,1-3H3. The summed E-state index contributed by atoms with van der Waals surface area (Å²) >= 11 is 0. The van der Waals surface area contributed by atoms with Gasteiger partial charge in [-0.05, 0) is 13.0 Å². The smallest absolute Gasteiger partial charge is 0.0594 e. The first kappa shape index (κ1) is 12.0. The third-order valence-electron chi connectivity index (χ3n) is 2.58. The number of nitrogens with zero attached hydrogens (tertiary/aromatic N) is 2. The summed E-state index contributed by atoms with van der Waals surface area (Å²) in [5, 5.41) is 0. The van der Waals surface area contributed by atoms with E-state index < -0.39 is 0 Å². The van der Waals surface area contributed by atoms with Crippen LogP contribution in [0.1, 0.15) is 13.8 Å². The fraction of sp³-hybridized carbons (Fsp3) is 1.00. The first-order valence-electron chi connectivity index (χ1n) is 5.67. The monoisotopic (exact) mass is 200 g/mol. The van der Waals surface area contributed by atoms with Crippen molar-refractivity contribution in [1.82, 2.24) is 9.80 Å². The number of hydrogen-bond donors (Lipinski definition) is 0. The number of likely N-dealkylation sites (N-methyl/N-ethyl adjacent to an activating group) is 1. The van der Waals surface area contributed by atoms with Gasteiger partial charge in [-0.3, -0.25) is 4.90 Å². The van der Waals surface area contributed by atoms with E-state index in [4.69, 9.17) is 4.74 Å². The van der Waals surface area contributed by atoms with Crippen molar-refractivity contribution in [2.24, 2.45) is 5.92 Å². The van der Waals surface area contributed by atoms with Gasteiger partial charge in [0.2, 0.25) is 0 Å². The van der Waals surface area contributed by atoms with Crippen LogP contribution in [0.15, 0.2) is 0 Å². The molecule has 0 N–H and O–H groups in total. The van der Waals surface area contributed by atoms with E-state index in [1.807, 2.05) is 0 Å². The molecule has 0 aliphatic carbocycles. The zero-order valence-corrected chi connectivity index (χ0v) is 9.83. The fourth-order valence-electron chi connectivity index (χ4n) is 1.85. The van der Waals surface area contributed by atoms with E-state index in [-0.39, 0.29) is 0 Å². The minimum absolute atomic E-state index is 0.768. The molecule has 0 saturated carbocycles. The van der Waals surface area contributed by atoms with Gasteiger partial charge in [0.25, 0.3) is 0 Å². The summed E-state index contributed by atoms with van der Waals surface area (Å²) in [5.41, 5.74) is 0. The molecule has 0 aromatic rings. The van der Waals surface area contributed by atoms with Gasteiger partial charge >= 0.3 is 0 Å². The van der Waals surface area contributed by atoms with Crippen LogP contribution in [0.4, 0.5) is 0 Å². The molecule has 14 heavy (non-hydrogen) atoms. The Kier molecular flexibility index (Phi) is 5.45. The van der Waals surface area contributed by atoms with E-state index in [9.17, 15) is 0 Å². The van der Waals surface area contributed by atoms with Gasteiger partial charge in [0.1, 0.15) is 0 Å². The summed E-state index contributed by atoms with van der Waals surface area (Å²) in [5.74, 6) is 0.768. The number of morpholine rings is 1. The van der Waals surface area contributed by atoms with Gasteiger partial charge in [-0.1, -0.05) is 13.8 Å². The van der Waals surface area contributed by atoms with Gasteiger partial charge in [0.05, 0.1) is 13.2 Å². The molecule has 1 rings (SSSR count). The maximum Gasteiger partial charge on any atom is 0.0594 e. The minimum Gasteiger partial charge on any atom is -0.379 e. The van der Waals surface area contributed by atoms with Gasteiger partial charge < -0.3 is 9.64 Å². The second-order valence-electron chi connectivity index (χ2n) is 4.61. The van der Waals surface area contributed by atoms with E-state index in [1.165, 1.54) is 19.6 Å². The summed E-state index contributed by atoms with van der Waals surface area (Å²) in [6.07, 6.45) is 0. The molecule has 1 aliphatic heterocycles. The van der Waals surface area contributed by atoms with Crippen LogP contribution in [-0.4, -0.2) is 62.8 Å². The van der Waals surface area contributed by atoms with Crippen molar-refractivity contribution in [2.75, 3.05) is 53.0 Å². The van der Waals surface area contributed by atoms with Crippen LogP contribution in [-0.2, 0) is 4.74 Å². The molecular weight excluding hydrogens is 176 g/mol. The fourth-order valence-corrected chi connectivity index (χ4v) is 1.85. The largest absolute Gasteiger partial charge is 0.379 e. The Balaban J connectivity index is 2.06. The molecule has 1 aliphatic rings. The van der Waals surface area contributed by atoms with Crippen LogP contribution in [0.25, 0.3) is 0 Å². The molecule has 0 radical (unpaired) electrons. The molecule has 3 heteroatoms. The summed E-state index contributed by atoms with van der Waals surface area (Å²) < 4.78 is 5.32. The SMILES string of the molecule is CC(C)CN(C)CCN1CCOCC1. The van der Waals surface area contributed by atoms with E-state index in [0.717, 1.165) is 32.2 Å². The first-order valence-corrected chi connectivity index (χ1v) is 5.67. The predicted molar refractivity (Wildman–Crippen MR) is 59.6 cm³/mol. The second-order valence-corrected chi connectivity index (χ2v) is 4.61. The quantitative estimate of drug-likeness (QED) is 0.656. The highest BCUT2D eigenvalue weighted by molar-refractivity contribution is 4.64. The van der Waals surface area contributed by atoms with Crippen molar-refractivity contribution in [3.05, 3.63) is 0 Å². The molecule has 1 heterocycles. The molecule has 0 unspecified atom stereocenters. The molecule has 0 atom stereocenters. The molecule has 84 valence electrons. The number of ether oxygens (including phenoxy) is 1. The Morgan fingerprint density at radius 1 is 1.29 bits per heavy atom. The van der Waals surface area contributed by atoms with Crippen molar-refractivity contribution < 1.29 is 4.74 Å². The van der Waals surface area contributed by atoms with Crippen molar-refractivity contribution in [2.45, 2.75) is 13.8 Å². The van der Waals surface area contributed by atoms with Gasteiger partial charge in [-0.25, -0.2) is 0 Å². The summed E-state index contributed by atoms with van der Waals surface area (Å²) in [4.78, 5) is 4.90. The Hall–Kier alpha value is -0.120.